The molecule has 1 N–H and O–H groups in total. The lowest BCUT2D eigenvalue weighted by molar-refractivity contribution is 0.630. The van der Waals surface area contributed by atoms with Crippen molar-refractivity contribution in [1.29, 1.82) is 0 Å². The van der Waals surface area contributed by atoms with E-state index in [4.69, 9.17) is 0 Å². The van der Waals surface area contributed by atoms with E-state index in [-0.39, 0.29) is 5.54 Å². The predicted molar refractivity (Wildman–Crippen MR) is 86.9 cm³/mol. The minimum absolute atomic E-state index is 0.00747. The first-order valence-electron chi connectivity index (χ1n) is 6.91. The van der Waals surface area contributed by atoms with Crippen molar-refractivity contribution in [3.8, 4) is 0 Å². The minimum Gasteiger partial charge on any atom is -0.365 e. The van der Waals surface area contributed by atoms with Crippen LogP contribution >= 0.6 is 0 Å². The number of rotatable bonds is 3. The van der Waals surface area contributed by atoms with Gasteiger partial charge in [-0.25, -0.2) is 4.98 Å². The number of nitrogens with one attached hydrogen (secondary N) is 1. The molecule has 20 heavy (non-hydrogen) atoms. The lowest BCUT2D eigenvalue weighted by Gasteiger charge is -2.23. The first kappa shape index (κ1) is 14.4. The summed E-state index contributed by atoms with van der Waals surface area (Å²) in [6.45, 7) is 8.49. The summed E-state index contributed by atoms with van der Waals surface area (Å²) in [4.78, 5) is 6.78. The van der Waals surface area contributed by atoms with Gasteiger partial charge in [0.25, 0.3) is 0 Å². The summed E-state index contributed by atoms with van der Waals surface area (Å²) < 4.78 is 0. The number of anilines is 3. The summed E-state index contributed by atoms with van der Waals surface area (Å²) in [6, 6.07) is 14.5. The van der Waals surface area contributed by atoms with Gasteiger partial charge >= 0.3 is 0 Å². The molecule has 3 heteroatoms. The van der Waals surface area contributed by atoms with Crippen LogP contribution < -0.4 is 10.2 Å². The van der Waals surface area contributed by atoms with E-state index in [9.17, 15) is 0 Å². The first-order chi connectivity index (χ1) is 9.35. The smallest absolute Gasteiger partial charge is 0.135 e. The first-order valence-corrected chi connectivity index (χ1v) is 6.91. The fourth-order valence-corrected chi connectivity index (χ4v) is 2.03. The molecule has 0 atom stereocenters. The zero-order valence-electron chi connectivity index (χ0n) is 12.9. The fourth-order valence-electron chi connectivity index (χ4n) is 2.03. The maximum atomic E-state index is 4.68. The van der Waals surface area contributed by atoms with Gasteiger partial charge in [0.1, 0.15) is 11.6 Å². The molecule has 106 valence electrons. The standard InChI is InChI=1S/C17H23N3/c1-13-8-6-9-14(12-13)20(5)16-11-7-10-15(18-16)19-17(2,3)4/h6-12H,1-5H3,(H,18,19). The molecule has 0 bridgehead atoms. The van der Waals surface area contributed by atoms with Crippen LogP contribution in [-0.4, -0.2) is 17.6 Å². The quantitative estimate of drug-likeness (QED) is 0.897. The van der Waals surface area contributed by atoms with Crippen LogP contribution in [0.1, 0.15) is 26.3 Å². The van der Waals surface area contributed by atoms with Crippen molar-refractivity contribution < 1.29 is 0 Å². The van der Waals surface area contributed by atoms with Crippen LogP contribution in [0.4, 0.5) is 17.3 Å². The van der Waals surface area contributed by atoms with E-state index in [2.05, 4.69) is 67.2 Å². The maximum absolute atomic E-state index is 4.68. The van der Waals surface area contributed by atoms with Gasteiger partial charge in [0.2, 0.25) is 0 Å². The average molecular weight is 269 g/mol. The van der Waals surface area contributed by atoms with Gasteiger partial charge in [0, 0.05) is 18.3 Å². The van der Waals surface area contributed by atoms with E-state index in [0.717, 1.165) is 17.3 Å². The Kier molecular flexibility index (Phi) is 3.98. The molecule has 0 radical (unpaired) electrons. The van der Waals surface area contributed by atoms with E-state index in [1.165, 1.54) is 5.56 Å². The monoisotopic (exact) mass is 269 g/mol. The third-order valence-corrected chi connectivity index (χ3v) is 2.97. The van der Waals surface area contributed by atoms with Gasteiger partial charge in [-0.3, -0.25) is 0 Å². The highest BCUT2D eigenvalue weighted by Crippen LogP contribution is 2.24. The van der Waals surface area contributed by atoms with Crippen molar-refractivity contribution in [3.05, 3.63) is 48.0 Å². The Morgan fingerprint density at radius 1 is 1.05 bits per heavy atom. The van der Waals surface area contributed by atoms with Crippen LogP contribution in [0.5, 0.6) is 0 Å². The summed E-state index contributed by atoms with van der Waals surface area (Å²) in [6.07, 6.45) is 0. The molecular formula is C17H23N3. The van der Waals surface area contributed by atoms with Crippen LogP contribution in [0, 0.1) is 6.92 Å². The number of pyridine rings is 1. The molecule has 2 aromatic rings. The van der Waals surface area contributed by atoms with Gasteiger partial charge in [-0.2, -0.15) is 0 Å². The molecule has 1 aromatic carbocycles. The lowest BCUT2D eigenvalue weighted by Crippen LogP contribution is -2.27. The van der Waals surface area contributed by atoms with Gasteiger partial charge in [-0.1, -0.05) is 18.2 Å². The number of aromatic nitrogens is 1. The number of benzene rings is 1. The molecule has 0 saturated carbocycles. The molecule has 0 aliphatic carbocycles. The van der Waals surface area contributed by atoms with Gasteiger partial charge in [-0.15, -0.1) is 0 Å². The largest absolute Gasteiger partial charge is 0.365 e. The van der Waals surface area contributed by atoms with Crippen molar-refractivity contribution in [2.24, 2.45) is 0 Å². The highest BCUT2D eigenvalue weighted by atomic mass is 15.2. The highest BCUT2D eigenvalue weighted by Gasteiger charge is 2.11. The SMILES string of the molecule is Cc1cccc(N(C)c2cccc(NC(C)(C)C)n2)c1. The Morgan fingerprint density at radius 3 is 2.40 bits per heavy atom. The molecule has 0 amide bonds. The molecule has 0 saturated heterocycles. The molecule has 0 unspecified atom stereocenters. The lowest BCUT2D eigenvalue weighted by atomic mass is 10.1. The van der Waals surface area contributed by atoms with Crippen LogP contribution in [-0.2, 0) is 0 Å². The van der Waals surface area contributed by atoms with E-state index >= 15 is 0 Å². The molecule has 0 aliphatic rings. The van der Waals surface area contributed by atoms with Gasteiger partial charge in [0.05, 0.1) is 0 Å². The molecule has 1 aromatic heterocycles. The number of aryl methyl sites for hydroxylation is 1. The molecule has 3 nitrogen and oxygen atoms in total. The number of nitrogens with zero attached hydrogens (tertiary/aromatic N) is 2. The molecule has 1 heterocycles. The number of hydrogen-bond donors (Lipinski definition) is 1. The zero-order valence-corrected chi connectivity index (χ0v) is 12.9. The van der Waals surface area contributed by atoms with E-state index in [0.29, 0.717) is 0 Å². The van der Waals surface area contributed by atoms with Crippen LogP contribution in [0.3, 0.4) is 0 Å². The summed E-state index contributed by atoms with van der Waals surface area (Å²) in [7, 11) is 2.04. The third kappa shape index (κ3) is 3.73. The molecule has 0 aliphatic heterocycles. The van der Waals surface area contributed by atoms with E-state index in [1.807, 2.05) is 25.2 Å². The Bertz CT molecular complexity index is 585. The van der Waals surface area contributed by atoms with Crippen LogP contribution in [0.15, 0.2) is 42.5 Å². The Morgan fingerprint density at radius 2 is 1.75 bits per heavy atom. The molecule has 0 spiro atoms. The second-order valence-electron chi connectivity index (χ2n) is 6.15. The summed E-state index contributed by atoms with van der Waals surface area (Å²) in [5.74, 6) is 1.83. The molecule has 2 rings (SSSR count). The normalized spacial score (nSPS) is 11.2. The van der Waals surface area contributed by atoms with Crippen molar-refractivity contribution in [3.63, 3.8) is 0 Å². The Balaban J connectivity index is 2.26. The topological polar surface area (TPSA) is 28.2 Å². The third-order valence-electron chi connectivity index (χ3n) is 2.97. The van der Waals surface area contributed by atoms with Crippen LogP contribution in [0.25, 0.3) is 0 Å². The van der Waals surface area contributed by atoms with Crippen molar-refractivity contribution >= 4 is 17.3 Å². The van der Waals surface area contributed by atoms with Crippen molar-refractivity contribution in [1.82, 2.24) is 4.98 Å². The van der Waals surface area contributed by atoms with Gasteiger partial charge in [-0.05, 0) is 57.5 Å². The van der Waals surface area contributed by atoms with E-state index in [1.54, 1.807) is 0 Å². The van der Waals surface area contributed by atoms with Gasteiger partial charge < -0.3 is 10.2 Å². The zero-order chi connectivity index (χ0) is 14.8. The average Bonchev–Trinajstić information content (AvgIpc) is 2.36. The second kappa shape index (κ2) is 5.53. The predicted octanol–water partition coefficient (Wildman–Crippen LogP) is 4.37. The highest BCUT2D eigenvalue weighted by molar-refractivity contribution is 5.61. The molecular weight excluding hydrogens is 246 g/mol. The molecule has 0 fully saturated rings. The van der Waals surface area contributed by atoms with Crippen molar-refractivity contribution in [2.75, 3.05) is 17.3 Å². The summed E-state index contributed by atoms with van der Waals surface area (Å²) >= 11 is 0. The fraction of sp³-hybridized carbons (Fsp3) is 0.353. The van der Waals surface area contributed by atoms with Gasteiger partial charge in [0.15, 0.2) is 0 Å². The van der Waals surface area contributed by atoms with Crippen molar-refractivity contribution in [2.45, 2.75) is 33.2 Å². The summed E-state index contributed by atoms with van der Waals surface area (Å²) in [5, 5.41) is 3.40. The number of hydrogen-bond acceptors (Lipinski definition) is 3. The second-order valence-corrected chi connectivity index (χ2v) is 6.15. The van der Waals surface area contributed by atoms with E-state index < -0.39 is 0 Å². The van der Waals surface area contributed by atoms with Crippen LogP contribution in [0.2, 0.25) is 0 Å². The minimum atomic E-state index is 0.00747. The Labute approximate surface area is 121 Å². The summed E-state index contributed by atoms with van der Waals surface area (Å²) in [5.41, 5.74) is 2.40. The maximum Gasteiger partial charge on any atom is 0.135 e. The Hall–Kier alpha value is -2.03.